The Kier molecular flexibility index (Phi) is 2.56. The number of hydrogen-bond donors (Lipinski definition) is 1. The van der Waals surface area contributed by atoms with Gasteiger partial charge >= 0.3 is 0 Å². The Balaban J connectivity index is 1.80. The van der Waals surface area contributed by atoms with Crippen LogP contribution in [0.3, 0.4) is 0 Å². The molecule has 6 heteroatoms. The van der Waals surface area contributed by atoms with Gasteiger partial charge in [0.1, 0.15) is 4.88 Å². The molecule has 2 unspecified atom stereocenters. The summed E-state index contributed by atoms with van der Waals surface area (Å²) >= 11 is 1.27. The fraction of sp³-hybridized carbons (Fsp3) is 0.636. The molecule has 0 saturated carbocycles. The van der Waals surface area contributed by atoms with Gasteiger partial charge in [0.05, 0.1) is 17.9 Å². The number of carbonyl (C=O) groups excluding carboxylic acids is 1. The van der Waals surface area contributed by atoms with E-state index in [4.69, 9.17) is 10.5 Å². The minimum Gasteiger partial charge on any atom is -0.375 e. The van der Waals surface area contributed by atoms with Gasteiger partial charge in [0.25, 0.3) is 5.91 Å². The molecule has 2 fully saturated rings. The average Bonchev–Trinajstić information content (AvgIpc) is 2.80. The molecule has 2 aliphatic heterocycles. The van der Waals surface area contributed by atoms with E-state index in [1.165, 1.54) is 11.3 Å². The van der Waals surface area contributed by atoms with Crippen molar-refractivity contribution in [1.82, 2.24) is 9.88 Å². The summed E-state index contributed by atoms with van der Waals surface area (Å²) in [7, 11) is 0. The fourth-order valence-corrected chi connectivity index (χ4v) is 3.34. The molecule has 5 nitrogen and oxygen atoms in total. The van der Waals surface area contributed by atoms with Crippen molar-refractivity contribution < 1.29 is 9.53 Å². The summed E-state index contributed by atoms with van der Waals surface area (Å²) in [5.41, 5.74) is 6.36. The van der Waals surface area contributed by atoms with Gasteiger partial charge in [-0.15, -0.1) is 0 Å². The largest absolute Gasteiger partial charge is 0.375 e. The van der Waals surface area contributed by atoms with Crippen LogP contribution in [0.25, 0.3) is 0 Å². The minimum absolute atomic E-state index is 0.0527. The first-order valence-corrected chi connectivity index (χ1v) is 6.63. The predicted octanol–water partition coefficient (Wildman–Crippen LogP) is 1.04. The van der Waals surface area contributed by atoms with Crippen molar-refractivity contribution >= 4 is 22.4 Å². The lowest BCUT2D eigenvalue weighted by molar-refractivity contribution is -0.0302. The molecule has 2 aliphatic rings. The zero-order valence-electron chi connectivity index (χ0n) is 9.68. The van der Waals surface area contributed by atoms with Gasteiger partial charge in [-0.2, -0.15) is 0 Å². The van der Waals surface area contributed by atoms with Gasteiger partial charge in [0, 0.05) is 13.1 Å². The van der Waals surface area contributed by atoms with Crippen molar-refractivity contribution in [3.05, 3.63) is 10.6 Å². The number of hydrogen-bond acceptors (Lipinski definition) is 5. The number of amides is 1. The summed E-state index contributed by atoms with van der Waals surface area (Å²) in [6.07, 6.45) is 2.59. The number of likely N-dealkylation sites (tertiary alicyclic amines) is 1. The Labute approximate surface area is 104 Å². The van der Waals surface area contributed by atoms with E-state index in [2.05, 4.69) is 4.98 Å². The molecule has 1 amide bonds. The summed E-state index contributed by atoms with van der Waals surface area (Å²) < 4.78 is 5.72. The quantitative estimate of drug-likeness (QED) is 0.812. The molecular weight excluding hydrogens is 238 g/mol. The number of aromatic nitrogens is 1. The van der Waals surface area contributed by atoms with Crippen LogP contribution in [0, 0.1) is 6.92 Å². The second-order valence-electron chi connectivity index (χ2n) is 4.63. The van der Waals surface area contributed by atoms with Gasteiger partial charge in [-0.1, -0.05) is 11.3 Å². The number of fused-ring (bicyclic) bond motifs is 2. The number of ether oxygens (including phenoxy) is 1. The van der Waals surface area contributed by atoms with E-state index >= 15 is 0 Å². The molecule has 0 aromatic carbocycles. The number of thiazole rings is 1. The molecule has 3 rings (SSSR count). The summed E-state index contributed by atoms with van der Waals surface area (Å²) in [4.78, 5) is 19.0. The van der Waals surface area contributed by atoms with Gasteiger partial charge < -0.3 is 15.4 Å². The van der Waals surface area contributed by atoms with E-state index in [1.54, 1.807) is 0 Å². The molecule has 17 heavy (non-hydrogen) atoms. The third-order valence-electron chi connectivity index (χ3n) is 3.34. The van der Waals surface area contributed by atoms with Crippen molar-refractivity contribution in [2.45, 2.75) is 32.0 Å². The van der Waals surface area contributed by atoms with Crippen LogP contribution in [0.15, 0.2) is 0 Å². The van der Waals surface area contributed by atoms with Crippen molar-refractivity contribution in [3.63, 3.8) is 0 Å². The SMILES string of the molecule is Cc1nc(N)sc1C(=O)N1CC2CCC(C1)O2. The number of nitrogens with zero attached hydrogens (tertiary/aromatic N) is 2. The zero-order chi connectivity index (χ0) is 12.0. The number of anilines is 1. The van der Waals surface area contributed by atoms with E-state index < -0.39 is 0 Å². The van der Waals surface area contributed by atoms with Crippen LogP contribution in [-0.2, 0) is 4.74 Å². The molecule has 92 valence electrons. The van der Waals surface area contributed by atoms with Gasteiger partial charge in [-0.3, -0.25) is 4.79 Å². The molecule has 0 spiro atoms. The maximum Gasteiger partial charge on any atom is 0.266 e. The highest BCUT2D eigenvalue weighted by Gasteiger charge is 2.36. The Bertz CT molecular complexity index is 448. The summed E-state index contributed by atoms with van der Waals surface area (Å²) in [5, 5.41) is 0.460. The predicted molar refractivity (Wildman–Crippen MR) is 65.1 cm³/mol. The van der Waals surface area contributed by atoms with Crippen LogP contribution >= 0.6 is 11.3 Å². The number of carbonyl (C=O) groups is 1. The number of rotatable bonds is 1. The lowest BCUT2D eigenvalue weighted by Crippen LogP contribution is -2.45. The molecule has 2 atom stereocenters. The van der Waals surface area contributed by atoms with E-state index in [9.17, 15) is 4.79 Å². The first kappa shape index (κ1) is 11.0. The first-order chi connectivity index (χ1) is 8.13. The normalized spacial score (nSPS) is 27.5. The second-order valence-corrected chi connectivity index (χ2v) is 5.66. The van der Waals surface area contributed by atoms with E-state index in [1.807, 2.05) is 11.8 Å². The van der Waals surface area contributed by atoms with Crippen LogP contribution in [0.5, 0.6) is 0 Å². The molecule has 3 heterocycles. The topological polar surface area (TPSA) is 68.5 Å². The maximum atomic E-state index is 12.3. The number of nitrogen functional groups attached to an aromatic ring is 1. The molecule has 1 aromatic rings. The van der Waals surface area contributed by atoms with Crippen molar-refractivity contribution in [2.24, 2.45) is 0 Å². The average molecular weight is 253 g/mol. The Morgan fingerprint density at radius 3 is 2.65 bits per heavy atom. The van der Waals surface area contributed by atoms with Gasteiger partial charge in [0.15, 0.2) is 5.13 Å². The zero-order valence-corrected chi connectivity index (χ0v) is 10.5. The van der Waals surface area contributed by atoms with E-state index in [-0.39, 0.29) is 18.1 Å². The smallest absolute Gasteiger partial charge is 0.266 e. The number of morpholine rings is 1. The van der Waals surface area contributed by atoms with Crippen molar-refractivity contribution in [1.29, 1.82) is 0 Å². The lowest BCUT2D eigenvalue weighted by atomic mass is 10.2. The number of aryl methyl sites for hydroxylation is 1. The summed E-state index contributed by atoms with van der Waals surface area (Å²) in [6, 6.07) is 0. The highest BCUT2D eigenvalue weighted by Crippen LogP contribution is 2.29. The van der Waals surface area contributed by atoms with Crippen LogP contribution in [0.1, 0.15) is 28.2 Å². The summed E-state index contributed by atoms with van der Waals surface area (Å²) in [5.74, 6) is 0.0527. The number of nitrogens with two attached hydrogens (primary N) is 1. The monoisotopic (exact) mass is 253 g/mol. The van der Waals surface area contributed by atoms with E-state index in [0.717, 1.165) is 18.5 Å². The molecule has 2 saturated heterocycles. The third kappa shape index (κ3) is 1.91. The van der Waals surface area contributed by atoms with Crippen LogP contribution in [-0.4, -0.2) is 41.1 Å². The molecule has 1 aromatic heterocycles. The van der Waals surface area contributed by atoms with Crippen LogP contribution in [0.2, 0.25) is 0 Å². The summed E-state index contributed by atoms with van der Waals surface area (Å²) in [6.45, 7) is 3.23. The molecule has 0 aliphatic carbocycles. The molecule has 2 bridgehead atoms. The highest BCUT2D eigenvalue weighted by atomic mass is 32.1. The van der Waals surface area contributed by atoms with Gasteiger partial charge in [-0.25, -0.2) is 4.98 Å². The first-order valence-electron chi connectivity index (χ1n) is 5.81. The van der Waals surface area contributed by atoms with Crippen LogP contribution < -0.4 is 5.73 Å². The molecule has 0 radical (unpaired) electrons. The Morgan fingerprint density at radius 2 is 2.12 bits per heavy atom. The third-order valence-corrected chi connectivity index (χ3v) is 4.31. The highest BCUT2D eigenvalue weighted by molar-refractivity contribution is 7.17. The molecular formula is C11H15N3O2S. The van der Waals surface area contributed by atoms with E-state index in [0.29, 0.717) is 23.1 Å². The maximum absolute atomic E-state index is 12.3. The lowest BCUT2D eigenvalue weighted by Gasteiger charge is -2.31. The standard InChI is InChI=1S/C11H15N3O2S/c1-6-9(17-11(12)13-6)10(15)14-4-7-2-3-8(5-14)16-7/h7-8H,2-5H2,1H3,(H2,12,13). The van der Waals surface area contributed by atoms with Gasteiger partial charge in [-0.05, 0) is 19.8 Å². The second kappa shape index (κ2) is 3.96. The Hall–Kier alpha value is -1.14. The minimum atomic E-state index is 0.0527. The fourth-order valence-electron chi connectivity index (χ4n) is 2.54. The Morgan fingerprint density at radius 1 is 1.47 bits per heavy atom. The molecule has 2 N–H and O–H groups in total. The van der Waals surface area contributed by atoms with Gasteiger partial charge in [0.2, 0.25) is 0 Å². The van der Waals surface area contributed by atoms with Crippen LogP contribution in [0.4, 0.5) is 5.13 Å². The van der Waals surface area contributed by atoms with Crippen molar-refractivity contribution in [2.75, 3.05) is 18.8 Å². The van der Waals surface area contributed by atoms with Crippen molar-refractivity contribution in [3.8, 4) is 0 Å².